The van der Waals surface area contributed by atoms with Crippen LogP contribution in [0.25, 0.3) is 0 Å². The van der Waals surface area contributed by atoms with Gasteiger partial charge in [-0.2, -0.15) is 0 Å². The van der Waals surface area contributed by atoms with Crippen LogP contribution in [0.1, 0.15) is 39.5 Å². The lowest BCUT2D eigenvalue weighted by Crippen LogP contribution is -3.00. The van der Waals surface area contributed by atoms with Crippen molar-refractivity contribution in [3.05, 3.63) is 18.7 Å². The van der Waals surface area contributed by atoms with Crippen molar-refractivity contribution in [2.75, 3.05) is 0 Å². The summed E-state index contributed by atoms with van der Waals surface area (Å²) in [5.41, 5.74) is 0. The molecule has 1 heterocycles. The summed E-state index contributed by atoms with van der Waals surface area (Å²) in [4.78, 5) is 0. The maximum atomic E-state index is 2.28. The van der Waals surface area contributed by atoms with E-state index >= 15 is 0 Å². The summed E-state index contributed by atoms with van der Waals surface area (Å²) in [5, 5.41) is 0. The van der Waals surface area contributed by atoms with Gasteiger partial charge in [-0.15, -0.1) is 0 Å². The summed E-state index contributed by atoms with van der Waals surface area (Å²) in [6, 6.07) is 0. The highest BCUT2D eigenvalue weighted by molar-refractivity contribution is 4.65. The molecule has 0 spiro atoms. The zero-order valence-corrected chi connectivity index (χ0v) is 10.5. The SMILES string of the molecule is CCCCn1cc[n+](CCCC)c1.O.[Cl-]. The first-order valence-corrected chi connectivity index (χ1v) is 5.41. The number of unbranched alkanes of at least 4 members (excludes halogenated alkanes) is 2. The molecule has 0 bridgehead atoms. The van der Waals surface area contributed by atoms with Crippen molar-refractivity contribution in [2.45, 2.75) is 52.6 Å². The van der Waals surface area contributed by atoms with E-state index in [1.165, 1.54) is 25.7 Å². The molecule has 15 heavy (non-hydrogen) atoms. The van der Waals surface area contributed by atoms with E-state index in [0.717, 1.165) is 13.1 Å². The molecule has 0 unspecified atom stereocenters. The smallest absolute Gasteiger partial charge is 0.243 e. The number of rotatable bonds is 6. The van der Waals surface area contributed by atoms with Gasteiger partial charge in [0.1, 0.15) is 12.4 Å². The highest BCUT2D eigenvalue weighted by atomic mass is 35.5. The van der Waals surface area contributed by atoms with Crippen LogP contribution in [0, 0.1) is 0 Å². The third-order valence-electron chi connectivity index (χ3n) is 2.29. The number of aryl methyl sites for hydroxylation is 2. The van der Waals surface area contributed by atoms with Gasteiger partial charge in [0.2, 0.25) is 6.33 Å². The fourth-order valence-electron chi connectivity index (χ4n) is 1.38. The average molecular weight is 235 g/mol. The van der Waals surface area contributed by atoms with Crippen molar-refractivity contribution in [1.29, 1.82) is 0 Å². The maximum Gasteiger partial charge on any atom is 0.243 e. The van der Waals surface area contributed by atoms with Crippen LogP contribution < -0.4 is 17.0 Å². The summed E-state index contributed by atoms with van der Waals surface area (Å²) in [7, 11) is 0. The van der Waals surface area contributed by atoms with Crippen molar-refractivity contribution in [2.24, 2.45) is 0 Å². The molecule has 4 heteroatoms. The first kappa shape index (κ1) is 16.9. The lowest BCUT2D eigenvalue weighted by molar-refractivity contribution is -0.696. The molecule has 0 fully saturated rings. The van der Waals surface area contributed by atoms with Gasteiger partial charge in [0, 0.05) is 0 Å². The topological polar surface area (TPSA) is 40.3 Å². The second kappa shape index (κ2) is 9.99. The Hall–Kier alpha value is -0.540. The zero-order valence-electron chi connectivity index (χ0n) is 9.75. The normalized spacial score (nSPS) is 9.20. The van der Waals surface area contributed by atoms with Crippen molar-refractivity contribution < 1.29 is 22.5 Å². The van der Waals surface area contributed by atoms with Gasteiger partial charge in [0.25, 0.3) is 0 Å². The van der Waals surface area contributed by atoms with Gasteiger partial charge in [-0.3, -0.25) is 0 Å². The number of aromatic nitrogens is 2. The number of hydrogen-bond acceptors (Lipinski definition) is 0. The largest absolute Gasteiger partial charge is 1.00 e. The first-order chi connectivity index (χ1) is 6.36. The standard InChI is InChI=1S/C11H21N2.ClH.H2O/c1-3-5-7-12-9-10-13(11-12)8-6-4-2;;/h9-11H,3-8H2,1-2H3;1H;1H2/q+1;;/p-1. The van der Waals surface area contributed by atoms with Gasteiger partial charge in [-0.05, 0) is 12.8 Å². The average Bonchev–Trinajstić information content (AvgIpc) is 2.59. The van der Waals surface area contributed by atoms with Gasteiger partial charge >= 0.3 is 0 Å². The summed E-state index contributed by atoms with van der Waals surface area (Å²) >= 11 is 0. The third-order valence-corrected chi connectivity index (χ3v) is 2.29. The molecule has 0 radical (unpaired) electrons. The third kappa shape index (κ3) is 6.52. The minimum Gasteiger partial charge on any atom is -1.00 e. The molecule has 1 aromatic rings. The molecular weight excluding hydrogens is 212 g/mol. The van der Waals surface area contributed by atoms with Crippen LogP contribution in [0.2, 0.25) is 0 Å². The lowest BCUT2D eigenvalue weighted by Gasteiger charge is -1.93. The van der Waals surface area contributed by atoms with Crippen molar-refractivity contribution in [3.63, 3.8) is 0 Å². The Bertz CT molecular complexity index is 216. The van der Waals surface area contributed by atoms with Crippen LogP contribution in [-0.2, 0) is 13.1 Å². The van der Waals surface area contributed by atoms with Crippen LogP contribution in [0.5, 0.6) is 0 Å². The van der Waals surface area contributed by atoms with Crippen LogP contribution in [0.15, 0.2) is 18.7 Å². The number of hydrogen-bond donors (Lipinski definition) is 0. The van der Waals surface area contributed by atoms with E-state index in [2.05, 4.69) is 41.7 Å². The van der Waals surface area contributed by atoms with E-state index in [1.807, 2.05) is 0 Å². The van der Waals surface area contributed by atoms with Gasteiger partial charge in [0.15, 0.2) is 0 Å². The highest BCUT2D eigenvalue weighted by Crippen LogP contribution is 1.93. The first-order valence-electron chi connectivity index (χ1n) is 5.41. The van der Waals surface area contributed by atoms with E-state index in [1.54, 1.807) is 0 Å². The van der Waals surface area contributed by atoms with E-state index in [9.17, 15) is 0 Å². The van der Waals surface area contributed by atoms with Gasteiger partial charge in [0.05, 0.1) is 13.1 Å². The molecule has 1 rings (SSSR count). The molecule has 90 valence electrons. The minimum atomic E-state index is 0. The van der Waals surface area contributed by atoms with E-state index < -0.39 is 0 Å². The van der Waals surface area contributed by atoms with Gasteiger partial charge in [-0.1, -0.05) is 26.7 Å². The Labute approximate surface area is 98.8 Å². The Morgan fingerprint density at radius 1 is 1.13 bits per heavy atom. The molecule has 0 saturated heterocycles. The fourth-order valence-corrected chi connectivity index (χ4v) is 1.38. The van der Waals surface area contributed by atoms with Crippen LogP contribution >= 0.6 is 0 Å². The Balaban J connectivity index is 0. The Morgan fingerprint density at radius 2 is 1.80 bits per heavy atom. The molecular formula is C11H23ClN2O. The molecule has 0 amide bonds. The highest BCUT2D eigenvalue weighted by Gasteiger charge is 2.01. The quantitative estimate of drug-likeness (QED) is 0.541. The summed E-state index contributed by atoms with van der Waals surface area (Å²) < 4.78 is 4.55. The van der Waals surface area contributed by atoms with E-state index in [-0.39, 0.29) is 17.9 Å². The fraction of sp³-hybridized carbons (Fsp3) is 0.727. The molecule has 3 nitrogen and oxygen atoms in total. The molecule has 0 aliphatic rings. The summed E-state index contributed by atoms with van der Waals surface area (Å²) in [5.74, 6) is 0. The molecule has 0 atom stereocenters. The summed E-state index contributed by atoms with van der Waals surface area (Å²) in [6.45, 7) is 6.79. The van der Waals surface area contributed by atoms with Crippen molar-refractivity contribution in [1.82, 2.24) is 4.57 Å². The molecule has 0 saturated carbocycles. The predicted octanol–water partition coefficient (Wildman–Crippen LogP) is -1.44. The summed E-state index contributed by atoms with van der Waals surface area (Å²) in [6.07, 6.45) is 11.7. The maximum absolute atomic E-state index is 2.28. The molecule has 1 aromatic heterocycles. The van der Waals surface area contributed by atoms with Crippen LogP contribution in [0.3, 0.4) is 0 Å². The van der Waals surface area contributed by atoms with Crippen LogP contribution in [0.4, 0.5) is 0 Å². The van der Waals surface area contributed by atoms with Crippen LogP contribution in [-0.4, -0.2) is 10.0 Å². The molecule has 0 aliphatic carbocycles. The molecule has 0 aliphatic heterocycles. The number of nitrogens with zero attached hydrogens (tertiary/aromatic N) is 2. The van der Waals surface area contributed by atoms with Gasteiger partial charge < -0.3 is 17.9 Å². The monoisotopic (exact) mass is 234 g/mol. The number of imidazole rings is 1. The predicted molar refractivity (Wildman–Crippen MR) is 58.1 cm³/mol. The number of halogens is 1. The van der Waals surface area contributed by atoms with E-state index in [0.29, 0.717) is 0 Å². The second-order valence-electron chi connectivity index (χ2n) is 3.60. The zero-order chi connectivity index (χ0) is 9.52. The molecule has 2 N–H and O–H groups in total. The van der Waals surface area contributed by atoms with E-state index in [4.69, 9.17) is 0 Å². The van der Waals surface area contributed by atoms with Crippen molar-refractivity contribution >= 4 is 0 Å². The Kier molecular flexibility index (Phi) is 11.2. The second-order valence-corrected chi connectivity index (χ2v) is 3.60. The Morgan fingerprint density at radius 3 is 2.40 bits per heavy atom. The molecule has 0 aromatic carbocycles. The lowest BCUT2D eigenvalue weighted by atomic mass is 10.3. The van der Waals surface area contributed by atoms with Gasteiger partial charge in [-0.25, -0.2) is 9.13 Å². The minimum absolute atomic E-state index is 0. The van der Waals surface area contributed by atoms with Crippen molar-refractivity contribution in [3.8, 4) is 0 Å².